The van der Waals surface area contributed by atoms with Crippen LogP contribution in [0.3, 0.4) is 0 Å². The van der Waals surface area contributed by atoms with Gasteiger partial charge in [-0.1, -0.05) is 0 Å². The molecule has 0 saturated carbocycles. The highest BCUT2D eigenvalue weighted by Crippen LogP contribution is 2.02. The quantitative estimate of drug-likeness (QED) is 0.703. The molecule has 1 heterocycles. The molecular weight excluding hydrogens is 218 g/mol. The van der Waals surface area contributed by atoms with Gasteiger partial charge >= 0.3 is 0 Å². The van der Waals surface area contributed by atoms with Gasteiger partial charge in [-0.3, -0.25) is 9.69 Å². The first-order chi connectivity index (χ1) is 8.03. The predicted molar refractivity (Wildman–Crippen MR) is 68.0 cm³/mol. The van der Waals surface area contributed by atoms with Gasteiger partial charge in [-0.05, 0) is 33.4 Å². The Bertz CT molecular complexity index is 236. The Labute approximate surface area is 104 Å². The van der Waals surface area contributed by atoms with Gasteiger partial charge in [0, 0.05) is 20.2 Å². The second-order valence-electron chi connectivity index (χ2n) is 5.24. The molecule has 0 atom stereocenters. The van der Waals surface area contributed by atoms with Crippen LogP contribution in [0.4, 0.5) is 0 Å². The summed E-state index contributed by atoms with van der Waals surface area (Å²) in [6.07, 6.45) is 1.11. The summed E-state index contributed by atoms with van der Waals surface area (Å²) in [5, 5.41) is 6.32. The van der Waals surface area contributed by atoms with Crippen molar-refractivity contribution in [2.75, 3.05) is 46.4 Å². The monoisotopic (exact) mass is 243 g/mol. The van der Waals surface area contributed by atoms with E-state index in [9.17, 15) is 4.79 Å². The van der Waals surface area contributed by atoms with E-state index in [2.05, 4.69) is 15.5 Å². The standard InChI is InChI=1S/C12H25N3O2/c1-12(2,10-17-3)14-11(16)9-15-7-4-5-13-6-8-15/h13H,4-10H2,1-3H3,(H,14,16). The minimum atomic E-state index is -0.296. The molecule has 0 radical (unpaired) electrons. The third-order valence-electron chi connectivity index (χ3n) is 2.78. The zero-order valence-corrected chi connectivity index (χ0v) is 11.2. The fraction of sp³-hybridized carbons (Fsp3) is 0.917. The van der Waals surface area contributed by atoms with Gasteiger partial charge in [0.25, 0.3) is 0 Å². The maximum atomic E-state index is 11.9. The van der Waals surface area contributed by atoms with Gasteiger partial charge in [0.15, 0.2) is 0 Å². The Morgan fingerprint density at radius 2 is 2.18 bits per heavy atom. The first-order valence-corrected chi connectivity index (χ1v) is 6.26. The average Bonchev–Trinajstić information content (AvgIpc) is 2.44. The Kier molecular flexibility index (Phi) is 5.88. The molecule has 2 N–H and O–H groups in total. The van der Waals surface area contributed by atoms with Crippen molar-refractivity contribution in [3.63, 3.8) is 0 Å². The minimum absolute atomic E-state index is 0.0777. The highest BCUT2D eigenvalue weighted by Gasteiger charge is 2.21. The van der Waals surface area contributed by atoms with E-state index in [0.717, 1.165) is 32.6 Å². The molecule has 17 heavy (non-hydrogen) atoms. The van der Waals surface area contributed by atoms with Crippen molar-refractivity contribution in [3.05, 3.63) is 0 Å². The summed E-state index contributed by atoms with van der Waals surface area (Å²) < 4.78 is 5.08. The molecule has 0 aromatic rings. The van der Waals surface area contributed by atoms with Gasteiger partial charge in [0.1, 0.15) is 0 Å². The largest absolute Gasteiger partial charge is 0.382 e. The van der Waals surface area contributed by atoms with E-state index in [-0.39, 0.29) is 11.4 Å². The lowest BCUT2D eigenvalue weighted by atomic mass is 10.1. The Morgan fingerprint density at radius 3 is 2.88 bits per heavy atom. The van der Waals surface area contributed by atoms with Crippen molar-refractivity contribution in [1.29, 1.82) is 0 Å². The van der Waals surface area contributed by atoms with E-state index >= 15 is 0 Å². The second-order valence-corrected chi connectivity index (χ2v) is 5.24. The molecule has 0 bridgehead atoms. The molecule has 0 aromatic heterocycles. The molecule has 1 aliphatic heterocycles. The van der Waals surface area contributed by atoms with Crippen LogP contribution in [0.1, 0.15) is 20.3 Å². The number of hydrogen-bond acceptors (Lipinski definition) is 4. The predicted octanol–water partition coefficient (Wildman–Crippen LogP) is -0.177. The van der Waals surface area contributed by atoms with E-state index in [0.29, 0.717) is 13.2 Å². The highest BCUT2D eigenvalue weighted by molar-refractivity contribution is 5.78. The fourth-order valence-electron chi connectivity index (χ4n) is 2.08. The van der Waals surface area contributed by atoms with Crippen molar-refractivity contribution in [3.8, 4) is 0 Å². The summed E-state index contributed by atoms with van der Waals surface area (Å²) in [4.78, 5) is 14.1. The first-order valence-electron chi connectivity index (χ1n) is 6.26. The SMILES string of the molecule is COCC(C)(C)NC(=O)CN1CCCNCC1. The summed E-state index contributed by atoms with van der Waals surface area (Å²) >= 11 is 0. The second kappa shape index (κ2) is 6.93. The number of ether oxygens (including phenoxy) is 1. The van der Waals surface area contributed by atoms with Gasteiger partial charge in [-0.25, -0.2) is 0 Å². The average molecular weight is 243 g/mol. The Balaban J connectivity index is 2.32. The number of amides is 1. The van der Waals surface area contributed by atoms with Crippen LogP contribution in [0.25, 0.3) is 0 Å². The zero-order chi connectivity index (χ0) is 12.7. The maximum Gasteiger partial charge on any atom is 0.234 e. The molecule has 0 aliphatic carbocycles. The molecule has 5 nitrogen and oxygen atoms in total. The van der Waals surface area contributed by atoms with Crippen LogP contribution in [0.2, 0.25) is 0 Å². The minimum Gasteiger partial charge on any atom is -0.382 e. The van der Waals surface area contributed by atoms with Gasteiger partial charge in [-0.2, -0.15) is 0 Å². The lowest BCUT2D eigenvalue weighted by molar-refractivity contribution is -0.124. The molecule has 1 aliphatic rings. The van der Waals surface area contributed by atoms with Gasteiger partial charge in [-0.15, -0.1) is 0 Å². The van der Waals surface area contributed by atoms with Crippen LogP contribution in [-0.2, 0) is 9.53 Å². The maximum absolute atomic E-state index is 11.9. The zero-order valence-electron chi connectivity index (χ0n) is 11.2. The third kappa shape index (κ3) is 6.00. The van der Waals surface area contributed by atoms with Crippen LogP contribution < -0.4 is 10.6 Å². The van der Waals surface area contributed by atoms with E-state index in [1.165, 1.54) is 0 Å². The smallest absolute Gasteiger partial charge is 0.234 e. The molecule has 0 spiro atoms. The lowest BCUT2D eigenvalue weighted by Crippen LogP contribution is -2.50. The van der Waals surface area contributed by atoms with Crippen molar-refractivity contribution in [1.82, 2.24) is 15.5 Å². The fourth-order valence-corrected chi connectivity index (χ4v) is 2.08. The van der Waals surface area contributed by atoms with Crippen LogP contribution in [0.5, 0.6) is 0 Å². The van der Waals surface area contributed by atoms with Crippen molar-refractivity contribution in [2.45, 2.75) is 25.8 Å². The van der Waals surface area contributed by atoms with E-state index in [1.54, 1.807) is 7.11 Å². The summed E-state index contributed by atoms with van der Waals surface area (Å²) in [6, 6.07) is 0. The first kappa shape index (κ1) is 14.4. The number of carbonyl (C=O) groups is 1. The van der Waals surface area contributed by atoms with E-state index in [4.69, 9.17) is 4.74 Å². The molecule has 0 aromatic carbocycles. The summed E-state index contributed by atoms with van der Waals surface area (Å²) in [7, 11) is 1.65. The summed E-state index contributed by atoms with van der Waals surface area (Å²) in [5.74, 6) is 0.0777. The van der Waals surface area contributed by atoms with Crippen LogP contribution in [0.15, 0.2) is 0 Å². The number of rotatable bonds is 5. The number of hydrogen-bond donors (Lipinski definition) is 2. The van der Waals surface area contributed by atoms with Crippen LogP contribution in [-0.4, -0.2) is 62.8 Å². The molecular formula is C12H25N3O2. The summed E-state index contributed by atoms with van der Waals surface area (Å²) in [6.45, 7) is 8.90. The molecule has 1 saturated heterocycles. The molecule has 0 unspecified atom stereocenters. The summed E-state index contributed by atoms with van der Waals surface area (Å²) in [5.41, 5.74) is -0.296. The van der Waals surface area contributed by atoms with Gasteiger partial charge < -0.3 is 15.4 Å². The van der Waals surface area contributed by atoms with Crippen LogP contribution in [0, 0.1) is 0 Å². The van der Waals surface area contributed by atoms with Crippen LogP contribution >= 0.6 is 0 Å². The Morgan fingerprint density at radius 1 is 1.41 bits per heavy atom. The normalized spacial score (nSPS) is 18.8. The molecule has 100 valence electrons. The molecule has 5 heteroatoms. The highest BCUT2D eigenvalue weighted by atomic mass is 16.5. The van der Waals surface area contributed by atoms with Gasteiger partial charge in [0.05, 0.1) is 18.7 Å². The molecule has 1 rings (SSSR count). The molecule has 1 fully saturated rings. The van der Waals surface area contributed by atoms with Gasteiger partial charge in [0.2, 0.25) is 5.91 Å². The number of methoxy groups -OCH3 is 1. The lowest BCUT2D eigenvalue weighted by Gasteiger charge is -2.27. The third-order valence-corrected chi connectivity index (χ3v) is 2.78. The van der Waals surface area contributed by atoms with E-state index in [1.807, 2.05) is 13.8 Å². The Hall–Kier alpha value is -0.650. The van der Waals surface area contributed by atoms with E-state index < -0.39 is 0 Å². The number of nitrogens with zero attached hydrogens (tertiary/aromatic N) is 1. The molecule has 1 amide bonds. The van der Waals surface area contributed by atoms with Crippen molar-refractivity contribution < 1.29 is 9.53 Å². The number of nitrogens with one attached hydrogen (secondary N) is 2. The van der Waals surface area contributed by atoms with Crippen molar-refractivity contribution >= 4 is 5.91 Å². The topological polar surface area (TPSA) is 53.6 Å². The van der Waals surface area contributed by atoms with Crippen molar-refractivity contribution in [2.24, 2.45) is 0 Å². The number of carbonyl (C=O) groups excluding carboxylic acids is 1.